The van der Waals surface area contributed by atoms with Crippen molar-refractivity contribution in [3.8, 4) is 0 Å². The van der Waals surface area contributed by atoms with E-state index in [0.29, 0.717) is 6.04 Å². The lowest BCUT2D eigenvalue weighted by Crippen LogP contribution is -2.27. The number of nitrogens with one attached hydrogen (secondary N) is 1. The van der Waals surface area contributed by atoms with E-state index in [1.165, 1.54) is 0 Å². The number of nitrogens with two attached hydrogens (primary N) is 1. The summed E-state index contributed by atoms with van der Waals surface area (Å²) in [4.78, 5) is 19.5. The third-order valence-corrected chi connectivity index (χ3v) is 0.552. The van der Waals surface area contributed by atoms with E-state index in [1.807, 2.05) is 13.8 Å². The first-order chi connectivity index (χ1) is 5.86. The van der Waals surface area contributed by atoms with Crippen LogP contribution in [0.4, 0.5) is 0 Å². The second-order valence-electron chi connectivity index (χ2n) is 2.64. The van der Waals surface area contributed by atoms with E-state index in [0.717, 1.165) is 0 Å². The molecule has 0 heterocycles. The molecule has 0 aromatic heterocycles. The lowest BCUT2D eigenvalue weighted by Gasteiger charge is -1.93. The molecule has 6 nitrogen and oxygen atoms in total. The Morgan fingerprint density at radius 2 is 1.46 bits per heavy atom. The predicted molar refractivity (Wildman–Crippen MR) is 47.5 cm³/mol. The highest BCUT2D eigenvalue weighted by Crippen LogP contribution is 1.61. The summed E-state index contributed by atoms with van der Waals surface area (Å²) in [5, 5.41) is 18.1. The monoisotopic (exact) mass is 192 g/mol. The second-order valence-corrected chi connectivity index (χ2v) is 2.64. The average Bonchev–Trinajstić information content (AvgIpc) is 1.83. The van der Waals surface area contributed by atoms with E-state index in [4.69, 9.17) is 15.9 Å². The van der Waals surface area contributed by atoms with Crippen LogP contribution in [0.15, 0.2) is 0 Å². The van der Waals surface area contributed by atoms with Crippen LogP contribution in [-0.4, -0.2) is 41.3 Å². The van der Waals surface area contributed by atoms with Crippen LogP contribution in [0.1, 0.15) is 13.8 Å². The van der Waals surface area contributed by atoms with Crippen molar-refractivity contribution in [2.45, 2.75) is 19.9 Å². The zero-order valence-electron chi connectivity index (χ0n) is 7.78. The number of carboxylic acid groups (broad SMARTS) is 2. The van der Waals surface area contributed by atoms with Gasteiger partial charge in [0, 0.05) is 0 Å². The van der Waals surface area contributed by atoms with E-state index < -0.39 is 11.9 Å². The summed E-state index contributed by atoms with van der Waals surface area (Å²) in [6, 6.07) is 0.333. The quantitative estimate of drug-likeness (QED) is 0.459. The van der Waals surface area contributed by atoms with Gasteiger partial charge in [-0.15, -0.1) is 0 Å². The summed E-state index contributed by atoms with van der Waals surface area (Å²) in [5.74, 6) is -2.12. The van der Waals surface area contributed by atoms with Gasteiger partial charge < -0.3 is 15.9 Å². The molecule has 0 atom stereocenters. The smallest absolute Gasteiger partial charge is 0.317 e. The number of carboxylic acids is 2. The van der Waals surface area contributed by atoms with Crippen LogP contribution in [0.3, 0.4) is 0 Å². The molecule has 0 aliphatic carbocycles. The van der Waals surface area contributed by atoms with Crippen molar-refractivity contribution in [2.75, 3.05) is 13.1 Å². The fourth-order valence-corrected chi connectivity index (χ4v) is 0.276. The van der Waals surface area contributed by atoms with Gasteiger partial charge in [0.25, 0.3) is 0 Å². The summed E-state index contributed by atoms with van der Waals surface area (Å²) in [5.41, 5.74) is 5.11. The first-order valence-electron chi connectivity index (χ1n) is 3.76. The Morgan fingerprint density at radius 3 is 1.62 bits per heavy atom. The van der Waals surface area contributed by atoms with E-state index in [1.54, 1.807) is 0 Å². The van der Waals surface area contributed by atoms with Crippen LogP contribution < -0.4 is 11.1 Å². The first kappa shape index (κ1) is 14.4. The van der Waals surface area contributed by atoms with Crippen molar-refractivity contribution in [2.24, 2.45) is 5.73 Å². The van der Waals surface area contributed by atoms with Crippen LogP contribution in [-0.2, 0) is 9.59 Å². The Balaban J connectivity index is 0. The second kappa shape index (κ2) is 8.95. The van der Waals surface area contributed by atoms with Crippen molar-refractivity contribution >= 4 is 11.9 Å². The summed E-state index contributed by atoms with van der Waals surface area (Å²) in [7, 11) is 0. The van der Waals surface area contributed by atoms with Gasteiger partial charge in [0.2, 0.25) is 0 Å². The highest BCUT2D eigenvalue weighted by molar-refractivity contribution is 5.72. The lowest BCUT2D eigenvalue weighted by atomic mass is 10.5. The summed E-state index contributed by atoms with van der Waals surface area (Å²) >= 11 is 0. The van der Waals surface area contributed by atoms with E-state index in [9.17, 15) is 9.59 Å². The van der Waals surface area contributed by atoms with Crippen molar-refractivity contribution in [3.05, 3.63) is 0 Å². The normalized spacial score (nSPS) is 8.92. The molecule has 0 aliphatic heterocycles. The average molecular weight is 192 g/mol. The van der Waals surface area contributed by atoms with E-state index in [2.05, 4.69) is 5.32 Å². The molecule has 6 heteroatoms. The van der Waals surface area contributed by atoms with E-state index in [-0.39, 0.29) is 13.1 Å². The highest BCUT2D eigenvalue weighted by atomic mass is 16.4. The van der Waals surface area contributed by atoms with E-state index >= 15 is 0 Å². The molecule has 0 aromatic rings. The summed E-state index contributed by atoms with van der Waals surface area (Å²) in [6.45, 7) is 3.26. The molecule has 0 unspecified atom stereocenters. The van der Waals surface area contributed by atoms with Crippen LogP contribution in [0.2, 0.25) is 0 Å². The minimum absolute atomic E-state index is 0.313. The first-order valence-corrected chi connectivity index (χ1v) is 3.76. The largest absolute Gasteiger partial charge is 0.480 e. The number of carbonyl (C=O) groups is 2. The molecule has 0 spiro atoms. The van der Waals surface area contributed by atoms with Gasteiger partial charge in [0.15, 0.2) is 0 Å². The summed E-state index contributed by atoms with van der Waals surface area (Å²) in [6.07, 6.45) is 0. The van der Waals surface area contributed by atoms with Gasteiger partial charge in [-0.25, -0.2) is 0 Å². The van der Waals surface area contributed by atoms with Crippen LogP contribution >= 0.6 is 0 Å². The third kappa shape index (κ3) is 36.1. The molecular formula is C7H16N2O4. The summed E-state index contributed by atoms with van der Waals surface area (Å²) < 4.78 is 0. The Labute approximate surface area is 76.7 Å². The maximum atomic E-state index is 9.73. The number of hydrogen-bond acceptors (Lipinski definition) is 4. The minimum Gasteiger partial charge on any atom is -0.480 e. The molecule has 0 fully saturated rings. The molecule has 0 saturated carbocycles. The van der Waals surface area contributed by atoms with Crippen molar-refractivity contribution in [1.82, 2.24) is 5.32 Å². The number of aliphatic carboxylic acids is 2. The molecule has 0 aromatic carbocycles. The van der Waals surface area contributed by atoms with Gasteiger partial charge in [-0.05, 0) is 6.04 Å². The number of rotatable bonds is 4. The molecule has 0 amide bonds. The van der Waals surface area contributed by atoms with Gasteiger partial charge >= 0.3 is 11.9 Å². The Hall–Kier alpha value is -1.14. The Bertz CT molecular complexity index is 142. The zero-order valence-corrected chi connectivity index (χ0v) is 7.78. The van der Waals surface area contributed by atoms with Gasteiger partial charge in [-0.2, -0.15) is 0 Å². The van der Waals surface area contributed by atoms with Crippen LogP contribution in [0, 0.1) is 0 Å². The molecule has 5 N–H and O–H groups in total. The lowest BCUT2D eigenvalue weighted by molar-refractivity contribution is -0.137. The van der Waals surface area contributed by atoms with Crippen molar-refractivity contribution < 1.29 is 19.8 Å². The molecule has 13 heavy (non-hydrogen) atoms. The fraction of sp³-hybridized carbons (Fsp3) is 0.714. The SMILES string of the molecule is CC(C)N.O=C(O)CNCC(=O)O. The maximum absolute atomic E-state index is 9.73. The minimum atomic E-state index is -1.06. The van der Waals surface area contributed by atoms with Gasteiger partial charge in [0.1, 0.15) is 0 Å². The maximum Gasteiger partial charge on any atom is 0.317 e. The highest BCUT2D eigenvalue weighted by Gasteiger charge is 1.97. The standard InChI is InChI=1S/C4H7NO4.C3H9N/c6-3(7)1-5-2-4(8)9;1-3(2)4/h5H,1-2H2,(H,6,7)(H,8,9);3H,4H2,1-2H3. The number of hydrogen-bond donors (Lipinski definition) is 4. The Kier molecular flexibility index (Phi) is 9.91. The molecule has 0 saturated heterocycles. The molecule has 0 rings (SSSR count). The van der Waals surface area contributed by atoms with Crippen LogP contribution in [0.25, 0.3) is 0 Å². The molecular weight excluding hydrogens is 176 g/mol. The molecule has 0 aliphatic rings. The van der Waals surface area contributed by atoms with Gasteiger partial charge in [0.05, 0.1) is 13.1 Å². The fourth-order valence-electron chi connectivity index (χ4n) is 0.276. The predicted octanol–water partition coefficient (Wildman–Crippen LogP) is -0.901. The Morgan fingerprint density at radius 1 is 1.23 bits per heavy atom. The zero-order chi connectivity index (χ0) is 10.9. The molecule has 78 valence electrons. The molecule has 0 radical (unpaired) electrons. The van der Waals surface area contributed by atoms with Crippen molar-refractivity contribution in [3.63, 3.8) is 0 Å². The van der Waals surface area contributed by atoms with Crippen LogP contribution in [0.5, 0.6) is 0 Å². The van der Waals surface area contributed by atoms with Gasteiger partial charge in [-0.1, -0.05) is 13.8 Å². The third-order valence-electron chi connectivity index (χ3n) is 0.552. The van der Waals surface area contributed by atoms with Gasteiger partial charge in [-0.3, -0.25) is 14.9 Å². The topological polar surface area (TPSA) is 113 Å². The van der Waals surface area contributed by atoms with Crippen molar-refractivity contribution in [1.29, 1.82) is 0 Å². The molecule has 0 bridgehead atoms.